The van der Waals surface area contributed by atoms with Gasteiger partial charge in [0.1, 0.15) is 0 Å². The number of hydrogen-bond acceptors (Lipinski definition) is 4. The molecule has 0 atom stereocenters. The number of carbonyl (C=O) groups excluding carboxylic acids is 2. The van der Waals surface area contributed by atoms with Gasteiger partial charge in [0.2, 0.25) is 10.0 Å². The quantitative estimate of drug-likeness (QED) is 0.567. The van der Waals surface area contributed by atoms with Crippen molar-refractivity contribution in [3.63, 3.8) is 0 Å². The van der Waals surface area contributed by atoms with E-state index < -0.39 is 21.8 Å². The van der Waals surface area contributed by atoms with E-state index in [1.54, 1.807) is 65.0 Å². The minimum absolute atomic E-state index is 0.251. The molecule has 1 heterocycles. The lowest BCUT2D eigenvalue weighted by atomic mass is 10.2. The van der Waals surface area contributed by atoms with Gasteiger partial charge < -0.3 is 0 Å². The highest BCUT2D eigenvalue weighted by molar-refractivity contribution is 7.89. The standard InChI is InChI=1S/C22H25N3O4S/c26-21(23-24-22(27)19-8-4-3-5-9-19)15-12-18-10-13-20(14-11-18)30(28,29)25-16-6-1-2-7-17-25/h3-5,8-15H,1-2,6-7,16-17H2,(H,23,26)(H,24,27). The van der Waals surface area contributed by atoms with E-state index in [0.29, 0.717) is 24.2 Å². The Morgan fingerprint density at radius 1 is 0.833 bits per heavy atom. The average molecular weight is 428 g/mol. The molecule has 158 valence electrons. The molecular formula is C22H25N3O4S. The van der Waals surface area contributed by atoms with Crippen LogP contribution in [0.1, 0.15) is 41.6 Å². The lowest BCUT2D eigenvalue weighted by Gasteiger charge is -2.19. The van der Waals surface area contributed by atoms with Gasteiger partial charge in [0.25, 0.3) is 11.8 Å². The van der Waals surface area contributed by atoms with Crippen molar-refractivity contribution in [2.75, 3.05) is 13.1 Å². The van der Waals surface area contributed by atoms with Crippen LogP contribution in [0.5, 0.6) is 0 Å². The number of sulfonamides is 1. The fourth-order valence-electron chi connectivity index (χ4n) is 3.18. The van der Waals surface area contributed by atoms with Crippen LogP contribution in [0.2, 0.25) is 0 Å². The van der Waals surface area contributed by atoms with Crippen LogP contribution in [0, 0.1) is 0 Å². The molecule has 2 aromatic carbocycles. The van der Waals surface area contributed by atoms with Crippen molar-refractivity contribution in [1.29, 1.82) is 0 Å². The predicted molar refractivity (Wildman–Crippen MR) is 115 cm³/mol. The zero-order valence-electron chi connectivity index (χ0n) is 16.6. The van der Waals surface area contributed by atoms with Gasteiger partial charge in [-0.15, -0.1) is 0 Å². The molecule has 0 spiro atoms. The molecule has 8 heteroatoms. The molecule has 1 aliphatic heterocycles. The molecular weight excluding hydrogens is 402 g/mol. The molecule has 0 unspecified atom stereocenters. The highest BCUT2D eigenvalue weighted by Gasteiger charge is 2.24. The lowest BCUT2D eigenvalue weighted by Crippen LogP contribution is -2.40. The summed E-state index contributed by atoms with van der Waals surface area (Å²) in [6, 6.07) is 14.9. The molecule has 0 radical (unpaired) electrons. The van der Waals surface area contributed by atoms with Crippen LogP contribution in [-0.4, -0.2) is 37.6 Å². The van der Waals surface area contributed by atoms with E-state index in [1.165, 1.54) is 6.08 Å². The van der Waals surface area contributed by atoms with E-state index in [9.17, 15) is 18.0 Å². The zero-order valence-corrected chi connectivity index (χ0v) is 17.4. The molecule has 1 saturated heterocycles. The van der Waals surface area contributed by atoms with Crippen LogP contribution in [0.4, 0.5) is 0 Å². The fourth-order valence-corrected chi connectivity index (χ4v) is 4.69. The first-order valence-electron chi connectivity index (χ1n) is 9.90. The monoisotopic (exact) mass is 427 g/mol. The summed E-state index contributed by atoms with van der Waals surface area (Å²) >= 11 is 0. The first kappa shape index (κ1) is 21.7. The maximum atomic E-state index is 12.8. The predicted octanol–water partition coefficient (Wildman–Crippen LogP) is 2.73. The third kappa shape index (κ3) is 5.77. The van der Waals surface area contributed by atoms with Gasteiger partial charge in [0.15, 0.2) is 0 Å². The molecule has 2 N–H and O–H groups in total. The largest absolute Gasteiger partial charge is 0.269 e. The number of nitrogens with zero attached hydrogens (tertiary/aromatic N) is 1. The van der Waals surface area contributed by atoms with E-state index in [-0.39, 0.29) is 4.90 Å². The zero-order chi connectivity index (χ0) is 21.4. The molecule has 2 aromatic rings. The topological polar surface area (TPSA) is 95.6 Å². The highest BCUT2D eigenvalue weighted by Crippen LogP contribution is 2.20. The van der Waals surface area contributed by atoms with E-state index in [2.05, 4.69) is 10.9 Å². The van der Waals surface area contributed by atoms with Crippen molar-refractivity contribution in [3.8, 4) is 0 Å². The third-order valence-corrected chi connectivity index (χ3v) is 6.76. The number of hydrazine groups is 1. The summed E-state index contributed by atoms with van der Waals surface area (Å²) in [6.45, 7) is 1.11. The van der Waals surface area contributed by atoms with Gasteiger partial charge in [-0.25, -0.2) is 8.42 Å². The minimum atomic E-state index is -3.50. The number of carbonyl (C=O) groups is 2. The molecule has 0 aromatic heterocycles. The molecule has 0 aliphatic carbocycles. The van der Waals surface area contributed by atoms with Gasteiger partial charge in [-0.3, -0.25) is 20.4 Å². The highest BCUT2D eigenvalue weighted by atomic mass is 32.2. The SMILES string of the molecule is O=C(C=Cc1ccc(S(=O)(=O)N2CCCCCC2)cc1)NNC(=O)c1ccccc1. The van der Waals surface area contributed by atoms with Gasteiger partial charge >= 0.3 is 0 Å². The Balaban J connectivity index is 1.56. The van der Waals surface area contributed by atoms with Crippen LogP contribution >= 0.6 is 0 Å². The van der Waals surface area contributed by atoms with Gasteiger partial charge in [-0.05, 0) is 48.7 Å². The van der Waals surface area contributed by atoms with Gasteiger partial charge in [0.05, 0.1) is 4.90 Å². The van der Waals surface area contributed by atoms with Gasteiger partial charge in [-0.2, -0.15) is 4.31 Å². The molecule has 1 aliphatic rings. The van der Waals surface area contributed by atoms with Crippen molar-refractivity contribution < 1.29 is 18.0 Å². The van der Waals surface area contributed by atoms with E-state index in [4.69, 9.17) is 0 Å². The first-order chi connectivity index (χ1) is 14.5. The lowest BCUT2D eigenvalue weighted by molar-refractivity contribution is -0.117. The minimum Gasteiger partial charge on any atom is -0.268 e. The van der Waals surface area contributed by atoms with Crippen molar-refractivity contribution in [3.05, 3.63) is 71.8 Å². The Labute approximate surface area is 176 Å². The Morgan fingerprint density at radius 2 is 1.47 bits per heavy atom. The second-order valence-electron chi connectivity index (χ2n) is 7.03. The van der Waals surface area contributed by atoms with Crippen LogP contribution in [0.15, 0.2) is 65.6 Å². The Morgan fingerprint density at radius 3 is 2.10 bits per heavy atom. The number of nitrogens with one attached hydrogen (secondary N) is 2. The van der Waals surface area contributed by atoms with Crippen LogP contribution in [0.25, 0.3) is 6.08 Å². The maximum absolute atomic E-state index is 12.8. The molecule has 3 rings (SSSR count). The molecule has 1 fully saturated rings. The van der Waals surface area contributed by atoms with Gasteiger partial charge in [-0.1, -0.05) is 43.2 Å². The smallest absolute Gasteiger partial charge is 0.268 e. The Bertz CT molecular complexity index is 994. The molecule has 2 amide bonds. The number of amides is 2. The normalized spacial score (nSPS) is 15.5. The van der Waals surface area contributed by atoms with Gasteiger partial charge in [0, 0.05) is 24.7 Å². The summed E-state index contributed by atoms with van der Waals surface area (Å²) in [5.41, 5.74) is 5.75. The first-order valence-corrected chi connectivity index (χ1v) is 11.3. The van der Waals surface area contributed by atoms with Crippen molar-refractivity contribution in [2.24, 2.45) is 0 Å². The molecule has 7 nitrogen and oxygen atoms in total. The second-order valence-corrected chi connectivity index (χ2v) is 8.97. The number of hydrogen-bond donors (Lipinski definition) is 2. The van der Waals surface area contributed by atoms with Crippen LogP contribution in [0.3, 0.4) is 0 Å². The summed E-state index contributed by atoms with van der Waals surface area (Å²) in [5.74, 6) is -0.916. The number of rotatable bonds is 5. The summed E-state index contributed by atoms with van der Waals surface area (Å²) < 4.78 is 27.1. The average Bonchev–Trinajstić information content (AvgIpc) is 3.07. The van der Waals surface area contributed by atoms with E-state index >= 15 is 0 Å². The Hall–Kier alpha value is -2.97. The molecule has 30 heavy (non-hydrogen) atoms. The van der Waals surface area contributed by atoms with E-state index in [1.807, 2.05) is 0 Å². The summed E-state index contributed by atoms with van der Waals surface area (Å²) in [5, 5.41) is 0. The summed E-state index contributed by atoms with van der Waals surface area (Å²) in [7, 11) is -3.50. The maximum Gasteiger partial charge on any atom is 0.269 e. The van der Waals surface area contributed by atoms with E-state index in [0.717, 1.165) is 25.7 Å². The van der Waals surface area contributed by atoms with Crippen LogP contribution < -0.4 is 10.9 Å². The van der Waals surface area contributed by atoms with Crippen molar-refractivity contribution in [2.45, 2.75) is 30.6 Å². The second kappa shape index (κ2) is 10.2. The molecule has 0 saturated carbocycles. The summed E-state index contributed by atoms with van der Waals surface area (Å²) in [6.07, 6.45) is 6.70. The van der Waals surface area contributed by atoms with Crippen molar-refractivity contribution in [1.82, 2.24) is 15.2 Å². The van der Waals surface area contributed by atoms with Crippen molar-refractivity contribution >= 4 is 27.9 Å². The third-order valence-electron chi connectivity index (χ3n) is 4.85. The van der Waals surface area contributed by atoms with Crippen LogP contribution in [-0.2, 0) is 14.8 Å². The fraction of sp³-hybridized carbons (Fsp3) is 0.273. The summed E-state index contributed by atoms with van der Waals surface area (Å²) in [4.78, 5) is 24.0. The Kier molecular flexibility index (Phi) is 7.37. The number of benzene rings is 2. The molecule has 0 bridgehead atoms.